The van der Waals surface area contributed by atoms with Crippen LogP contribution >= 0.6 is 23.4 Å². The molecule has 0 saturated heterocycles. The van der Waals surface area contributed by atoms with Crippen molar-refractivity contribution in [3.05, 3.63) is 88.4 Å². The Labute approximate surface area is 236 Å². The average molecular weight is 563 g/mol. The number of anilines is 1. The first-order valence-electron chi connectivity index (χ1n) is 12.3. The van der Waals surface area contributed by atoms with E-state index in [4.69, 9.17) is 26.2 Å². The van der Waals surface area contributed by atoms with Gasteiger partial charge in [0.15, 0.2) is 5.17 Å². The van der Waals surface area contributed by atoms with Crippen LogP contribution in [0.3, 0.4) is 0 Å². The number of nitrogens with one attached hydrogen (secondary N) is 1. The molecule has 0 spiro atoms. The summed E-state index contributed by atoms with van der Waals surface area (Å²) in [6.07, 6.45) is 0.602. The highest BCUT2D eigenvalue weighted by Crippen LogP contribution is 2.39. The van der Waals surface area contributed by atoms with E-state index in [1.54, 1.807) is 23.2 Å². The Balaban J connectivity index is 1.33. The molecule has 200 valence electrons. The van der Waals surface area contributed by atoms with Crippen molar-refractivity contribution in [1.29, 1.82) is 0 Å². The van der Waals surface area contributed by atoms with Crippen LogP contribution in [0.5, 0.6) is 11.5 Å². The number of aliphatic imine (C=N–C) groups is 1. The highest BCUT2D eigenvalue weighted by molar-refractivity contribution is 8.15. The summed E-state index contributed by atoms with van der Waals surface area (Å²) in [7, 11) is 3.07. The summed E-state index contributed by atoms with van der Waals surface area (Å²) in [6, 6.07) is 20.7. The van der Waals surface area contributed by atoms with E-state index in [9.17, 15) is 9.59 Å². The van der Waals surface area contributed by atoms with Gasteiger partial charge in [0.2, 0.25) is 5.91 Å². The van der Waals surface area contributed by atoms with Crippen molar-refractivity contribution >= 4 is 51.7 Å². The van der Waals surface area contributed by atoms with E-state index >= 15 is 0 Å². The van der Waals surface area contributed by atoms with Gasteiger partial charge in [-0.05, 0) is 30.2 Å². The van der Waals surface area contributed by atoms with Gasteiger partial charge in [0, 0.05) is 41.8 Å². The van der Waals surface area contributed by atoms with Gasteiger partial charge in [0.1, 0.15) is 16.7 Å². The van der Waals surface area contributed by atoms with Crippen LogP contribution in [-0.2, 0) is 9.59 Å². The normalized spacial score (nSPS) is 18.6. The number of hydrazone groups is 1. The van der Waals surface area contributed by atoms with Crippen molar-refractivity contribution in [3.63, 3.8) is 0 Å². The monoisotopic (exact) mass is 562 g/mol. The lowest BCUT2D eigenvalue weighted by atomic mass is 9.98. The molecule has 2 aliphatic heterocycles. The third-order valence-electron chi connectivity index (χ3n) is 6.48. The predicted octanol–water partition coefficient (Wildman–Crippen LogP) is 5.84. The Morgan fingerprint density at radius 1 is 1.05 bits per heavy atom. The number of hydrogen-bond donors (Lipinski definition) is 1. The van der Waals surface area contributed by atoms with Crippen molar-refractivity contribution in [3.8, 4) is 11.5 Å². The standard InChI is InChI=1S/C29H27ClN4O4S/c1-17-4-6-18(7-5-17)24-15-25(19-8-10-20(30)11-9-19)34(33-24)29-32-28(36)26(39-29)16-27(35)31-21-12-22(37-2)14-23(13-21)38-3/h4-14,25-26H,15-16H2,1-3H3,(H,31,35)/t25-,26-/m0/s1. The number of carbonyl (C=O) groups is 2. The molecule has 10 heteroatoms. The molecule has 0 aliphatic carbocycles. The molecular weight excluding hydrogens is 536 g/mol. The van der Waals surface area contributed by atoms with E-state index in [1.807, 2.05) is 43.3 Å². The van der Waals surface area contributed by atoms with Crippen LogP contribution < -0.4 is 14.8 Å². The average Bonchev–Trinajstić information content (AvgIpc) is 3.53. The van der Waals surface area contributed by atoms with Gasteiger partial charge in [-0.2, -0.15) is 10.1 Å². The number of aryl methyl sites for hydroxylation is 1. The van der Waals surface area contributed by atoms with Crippen molar-refractivity contribution in [2.24, 2.45) is 10.1 Å². The summed E-state index contributed by atoms with van der Waals surface area (Å²) in [4.78, 5) is 30.1. The summed E-state index contributed by atoms with van der Waals surface area (Å²) < 4.78 is 10.5. The highest BCUT2D eigenvalue weighted by atomic mass is 35.5. The smallest absolute Gasteiger partial charge is 0.262 e. The van der Waals surface area contributed by atoms with Gasteiger partial charge in [0.25, 0.3) is 5.91 Å². The molecule has 0 bridgehead atoms. The molecule has 0 fully saturated rings. The van der Waals surface area contributed by atoms with E-state index in [0.717, 1.165) is 16.8 Å². The minimum atomic E-state index is -0.656. The van der Waals surface area contributed by atoms with Gasteiger partial charge in [-0.25, -0.2) is 5.01 Å². The minimum absolute atomic E-state index is 0.0377. The third-order valence-corrected chi connectivity index (χ3v) is 7.87. The van der Waals surface area contributed by atoms with Crippen LogP contribution in [0.15, 0.2) is 76.8 Å². The van der Waals surface area contributed by atoms with Crippen molar-refractivity contribution in [2.45, 2.75) is 31.1 Å². The Morgan fingerprint density at radius 3 is 2.36 bits per heavy atom. The fourth-order valence-electron chi connectivity index (χ4n) is 4.42. The highest BCUT2D eigenvalue weighted by Gasteiger charge is 2.39. The zero-order chi connectivity index (χ0) is 27.5. The van der Waals surface area contributed by atoms with Gasteiger partial charge < -0.3 is 14.8 Å². The molecule has 8 nitrogen and oxygen atoms in total. The maximum absolute atomic E-state index is 12.9. The van der Waals surface area contributed by atoms with Crippen molar-refractivity contribution in [1.82, 2.24) is 5.01 Å². The summed E-state index contributed by atoms with van der Waals surface area (Å²) in [5.74, 6) is 0.423. The van der Waals surface area contributed by atoms with Gasteiger partial charge in [-0.3, -0.25) is 9.59 Å². The molecule has 1 N–H and O–H groups in total. The molecule has 0 unspecified atom stereocenters. The summed E-state index contributed by atoms with van der Waals surface area (Å²) >= 11 is 7.39. The Morgan fingerprint density at radius 2 is 1.72 bits per heavy atom. The summed E-state index contributed by atoms with van der Waals surface area (Å²) in [5, 5.41) is 9.98. The van der Waals surface area contributed by atoms with Crippen LogP contribution in [-0.4, -0.2) is 47.2 Å². The molecule has 3 aromatic rings. The van der Waals surface area contributed by atoms with Crippen molar-refractivity contribution < 1.29 is 19.1 Å². The van der Waals surface area contributed by atoms with Crippen molar-refractivity contribution in [2.75, 3.05) is 19.5 Å². The molecule has 5 rings (SSSR count). The summed E-state index contributed by atoms with van der Waals surface area (Å²) in [5.41, 5.74) is 4.61. The third kappa shape index (κ3) is 6.10. The number of amides is 2. The topological polar surface area (TPSA) is 92.6 Å². The molecule has 2 heterocycles. The summed E-state index contributed by atoms with van der Waals surface area (Å²) in [6.45, 7) is 2.04. The fraction of sp³-hybridized carbons (Fsp3) is 0.241. The SMILES string of the molecule is COc1cc(NC(=O)C[C@@H]2SC(N3N=C(c4ccc(C)cc4)C[C@H]3c3ccc(Cl)cc3)=NC2=O)cc(OC)c1. The molecule has 0 radical (unpaired) electrons. The van der Waals surface area contributed by atoms with Gasteiger partial charge in [0.05, 0.1) is 26.0 Å². The molecule has 2 aliphatic rings. The van der Waals surface area contributed by atoms with Crippen LogP contribution in [0.4, 0.5) is 5.69 Å². The Bertz CT molecular complexity index is 1430. The number of hydrogen-bond acceptors (Lipinski definition) is 7. The van der Waals surface area contributed by atoms with Crippen LogP contribution in [0, 0.1) is 6.92 Å². The number of methoxy groups -OCH3 is 2. The number of thioether (sulfide) groups is 1. The second-order valence-electron chi connectivity index (χ2n) is 9.22. The van der Waals surface area contributed by atoms with E-state index in [1.165, 1.54) is 31.5 Å². The molecule has 0 saturated carbocycles. The second kappa shape index (κ2) is 11.5. The first-order chi connectivity index (χ1) is 18.8. The van der Waals surface area contributed by atoms with Crippen LogP contribution in [0.1, 0.15) is 35.6 Å². The van der Waals surface area contributed by atoms with E-state index in [2.05, 4.69) is 22.4 Å². The van der Waals surface area contributed by atoms with Gasteiger partial charge >= 0.3 is 0 Å². The lowest BCUT2D eigenvalue weighted by Crippen LogP contribution is -2.25. The maximum atomic E-state index is 12.9. The van der Waals surface area contributed by atoms with Crippen LogP contribution in [0.25, 0.3) is 0 Å². The Hall–Kier alpha value is -3.82. The lowest BCUT2D eigenvalue weighted by Gasteiger charge is -2.23. The maximum Gasteiger partial charge on any atom is 0.262 e. The zero-order valence-electron chi connectivity index (χ0n) is 21.7. The van der Waals surface area contributed by atoms with Gasteiger partial charge in [-0.1, -0.05) is 65.3 Å². The minimum Gasteiger partial charge on any atom is -0.497 e. The lowest BCUT2D eigenvalue weighted by molar-refractivity contribution is -0.121. The van der Waals surface area contributed by atoms with Crippen LogP contribution in [0.2, 0.25) is 5.02 Å². The largest absolute Gasteiger partial charge is 0.497 e. The predicted molar refractivity (Wildman–Crippen MR) is 155 cm³/mol. The molecule has 2 amide bonds. The number of ether oxygens (including phenoxy) is 2. The van der Waals surface area contributed by atoms with E-state index in [0.29, 0.717) is 33.8 Å². The molecule has 39 heavy (non-hydrogen) atoms. The fourth-order valence-corrected chi connectivity index (χ4v) is 5.60. The number of benzene rings is 3. The molecule has 3 aromatic carbocycles. The van der Waals surface area contributed by atoms with Gasteiger partial charge in [-0.15, -0.1) is 0 Å². The van der Waals surface area contributed by atoms with E-state index in [-0.39, 0.29) is 24.3 Å². The van der Waals surface area contributed by atoms with E-state index < -0.39 is 5.25 Å². The molecule has 2 atom stereocenters. The first kappa shape index (κ1) is 26.8. The first-order valence-corrected chi connectivity index (χ1v) is 13.6. The quantitative estimate of drug-likeness (QED) is 0.389. The molecular formula is C29H27ClN4O4S. The number of amidine groups is 1. The number of rotatable bonds is 7. The second-order valence-corrected chi connectivity index (χ2v) is 10.8. The molecule has 0 aromatic heterocycles. The Kier molecular flexibility index (Phi) is 7.90. The zero-order valence-corrected chi connectivity index (χ0v) is 23.3. The number of nitrogens with zero attached hydrogens (tertiary/aromatic N) is 3. The number of carbonyl (C=O) groups excluding carboxylic acids is 2. The number of halogens is 1.